The highest BCUT2D eigenvalue weighted by atomic mass is 32.1. The highest BCUT2D eigenvalue weighted by Crippen LogP contribution is 2.18. The zero-order valence-corrected chi connectivity index (χ0v) is 9.15. The minimum Gasteiger partial charge on any atom is -0.330 e. The maximum Gasteiger partial charge on any atom is 0.208 e. The number of aromatic nitrogens is 2. The Labute approximate surface area is 95.2 Å². The maximum absolute atomic E-state index is 8.62. The Morgan fingerprint density at radius 1 is 1.40 bits per heavy atom. The zero-order chi connectivity index (χ0) is 10.7. The van der Waals surface area contributed by atoms with E-state index in [-0.39, 0.29) is 0 Å². The number of benzene rings is 1. The monoisotopic (exact) mass is 234 g/mol. The van der Waals surface area contributed by atoms with Crippen molar-refractivity contribution in [3.8, 4) is 6.07 Å². The lowest BCUT2D eigenvalue weighted by molar-refractivity contribution is 1.08. The van der Waals surface area contributed by atoms with E-state index in [1.165, 1.54) is 11.3 Å². The van der Waals surface area contributed by atoms with Gasteiger partial charge in [-0.05, 0) is 36.5 Å². The molecule has 0 aliphatic heterocycles. The molecule has 74 valence electrons. The van der Waals surface area contributed by atoms with E-state index in [4.69, 9.17) is 17.5 Å². The molecule has 0 spiro atoms. The predicted molar refractivity (Wildman–Crippen MR) is 61.7 cm³/mol. The summed E-state index contributed by atoms with van der Waals surface area (Å²) < 4.78 is 0.631. The predicted octanol–water partition coefficient (Wildman–Crippen LogP) is 2.82. The van der Waals surface area contributed by atoms with Crippen LogP contribution in [0.15, 0.2) is 24.3 Å². The normalized spacial score (nSPS) is 9.53. The molecule has 0 atom stereocenters. The van der Waals surface area contributed by atoms with Crippen LogP contribution in [-0.4, -0.2) is 10.2 Å². The van der Waals surface area contributed by atoms with Crippen molar-refractivity contribution in [1.82, 2.24) is 10.2 Å². The van der Waals surface area contributed by atoms with Crippen LogP contribution in [0, 0.1) is 15.3 Å². The first-order valence-electron chi connectivity index (χ1n) is 4.10. The molecule has 0 bridgehead atoms. The summed E-state index contributed by atoms with van der Waals surface area (Å²) >= 11 is 6.27. The Balaban J connectivity index is 2.18. The lowest BCUT2D eigenvalue weighted by atomic mass is 10.2. The Kier molecular flexibility index (Phi) is 2.76. The molecule has 6 heteroatoms. The van der Waals surface area contributed by atoms with Crippen molar-refractivity contribution in [2.24, 2.45) is 0 Å². The Morgan fingerprint density at radius 3 is 2.67 bits per heavy atom. The molecule has 1 aromatic carbocycles. The van der Waals surface area contributed by atoms with Crippen LogP contribution in [0.25, 0.3) is 0 Å². The van der Waals surface area contributed by atoms with Gasteiger partial charge in [0.05, 0.1) is 11.6 Å². The van der Waals surface area contributed by atoms with E-state index in [9.17, 15) is 0 Å². The molecule has 0 radical (unpaired) electrons. The number of anilines is 2. The molecule has 2 rings (SSSR count). The van der Waals surface area contributed by atoms with E-state index in [2.05, 4.69) is 21.6 Å². The molecule has 0 unspecified atom stereocenters. The number of nitrogens with one attached hydrogen (secondary N) is 2. The topological polar surface area (TPSA) is 64.5 Å². The largest absolute Gasteiger partial charge is 0.330 e. The number of H-pyrrole nitrogens is 1. The van der Waals surface area contributed by atoms with Crippen LogP contribution < -0.4 is 5.32 Å². The van der Waals surface area contributed by atoms with E-state index < -0.39 is 0 Å². The first kappa shape index (κ1) is 9.83. The molecule has 0 aliphatic rings. The molecule has 0 amide bonds. The molecular formula is C9H6N4S2. The summed E-state index contributed by atoms with van der Waals surface area (Å²) in [6.45, 7) is 0. The van der Waals surface area contributed by atoms with Crippen molar-refractivity contribution in [3.63, 3.8) is 0 Å². The fraction of sp³-hybridized carbons (Fsp3) is 0. The SMILES string of the molecule is N#Cc1ccc(Nc2n[nH]c(=S)s2)cc1. The van der Waals surface area contributed by atoms with Crippen LogP contribution in [0.3, 0.4) is 0 Å². The van der Waals surface area contributed by atoms with Gasteiger partial charge in [-0.15, -0.1) is 5.10 Å². The highest BCUT2D eigenvalue weighted by molar-refractivity contribution is 7.73. The van der Waals surface area contributed by atoms with Gasteiger partial charge in [-0.3, -0.25) is 5.10 Å². The quantitative estimate of drug-likeness (QED) is 0.784. The van der Waals surface area contributed by atoms with Crippen molar-refractivity contribution in [1.29, 1.82) is 5.26 Å². The second kappa shape index (κ2) is 4.21. The van der Waals surface area contributed by atoms with Crippen LogP contribution in [-0.2, 0) is 0 Å². The van der Waals surface area contributed by atoms with Gasteiger partial charge in [0.15, 0.2) is 3.95 Å². The number of nitriles is 1. The summed E-state index contributed by atoms with van der Waals surface area (Å²) in [4.78, 5) is 0. The van der Waals surface area contributed by atoms with E-state index in [0.717, 1.165) is 5.69 Å². The molecule has 1 heterocycles. The summed E-state index contributed by atoms with van der Waals surface area (Å²) in [5.41, 5.74) is 1.52. The number of nitrogens with zero attached hydrogens (tertiary/aromatic N) is 2. The number of hydrogen-bond donors (Lipinski definition) is 2. The molecule has 1 aromatic heterocycles. The molecule has 4 nitrogen and oxygen atoms in total. The van der Waals surface area contributed by atoms with E-state index >= 15 is 0 Å². The number of aromatic amines is 1. The minimum atomic E-state index is 0.631. The van der Waals surface area contributed by atoms with Gasteiger partial charge in [0, 0.05) is 5.69 Å². The van der Waals surface area contributed by atoms with Gasteiger partial charge >= 0.3 is 0 Å². The molecule has 2 N–H and O–H groups in total. The second-order valence-corrected chi connectivity index (χ2v) is 4.40. The van der Waals surface area contributed by atoms with Gasteiger partial charge in [0.1, 0.15) is 0 Å². The summed E-state index contributed by atoms with van der Waals surface area (Å²) in [6.07, 6.45) is 0. The number of rotatable bonds is 2. The van der Waals surface area contributed by atoms with Crippen molar-refractivity contribution in [3.05, 3.63) is 33.8 Å². The van der Waals surface area contributed by atoms with Crippen LogP contribution >= 0.6 is 23.6 Å². The van der Waals surface area contributed by atoms with Crippen LogP contribution in [0.2, 0.25) is 0 Å². The van der Waals surface area contributed by atoms with Gasteiger partial charge in [-0.25, -0.2) is 0 Å². The standard InChI is InChI=1S/C9H6N4S2/c10-5-6-1-3-7(4-2-6)11-8-12-13-9(14)15-8/h1-4H,(H,11,12)(H,13,14). The summed E-state index contributed by atoms with van der Waals surface area (Å²) in [5.74, 6) is 0. The van der Waals surface area contributed by atoms with E-state index in [1.807, 2.05) is 12.1 Å². The number of hydrogen-bond acceptors (Lipinski definition) is 5. The minimum absolute atomic E-state index is 0.631. The molecule has 0 fully saturated rings. The van der Waals surface area contributed by atoms with Crippen molar-refractivity contribution >= 4 is 34.4 Å². The molecule has 2 aromatic rings. The molecular weight excluding hydrogens is 228 g/mol. The van der Waals surface area contributed by atoms with Gasteiger partial charge in [-0.1, -0.05) is 11.3 Å². The first-order valence-corrected chi connectivity index (χ1v) is 5.33. The van der Waals surface area contributed by atoms with Gasteiger partial charge in [0.2, 0.25) is 5.13 Å². The average Bonchev–Trinajstić information content (AvgIpc) is 2.65. The van der Waals surface area contributed by atoms with Crippen LogP contribution in [0.4, 0.5) is 10.8 Å². The van der Waals surface area contributed by atoms with E-state index in [1.54, 1.807) is 12.1 Å². The summed E-state index contributed by atoms with van der Waals surface area (Å²) in [5, 5.41) is 19.1. The van der Waals surface area contributed by atoms with Crippen LogP contribution in [0.1, 0.15) is 5.56 Å². The second-order valence-electron chi connectivity index (χ2n) is 2.73. The lowest BCUT2D eigenvalue weighted by Gasteiger charge is -2.00. The fourth-order valence-corrected chi connectivity index (χ4v) is 1.84. The van der Waals surface area contributed by atoms with E-state index in [0.29, 0.717) is 14.6 Å². The Hall–Kier alpha value is -1.71. The summed E-state index contributed by atoms with van der Waals surface area (Å²) in [7, 11) is 0. The third kappa shape index (κ3) is 2.40. The molecule has 15 heavy (non-hydrogen) atoms. The van der Waals surface area contributed by atoms with Gasteiger partial charge < -0.3 is 5.32 Å². The lowest BCUT2D eigenvalue weighted by Crippen LogP contribution is -1.89. The maximum atomic E-state index is 8.62. The molecule has 0 saturated heterocycles. The first-order chi connectivity index (χ1) is 7.28. The summed E-state index contributed by atoms with van der Waals surface area (Å²) in [6, 6.07) is 9.19. The Morgan fingerprint density at radius 2 is 2.13 bits per heavy atom. The van der Waals surface area contributed by atoms with Crippen LogP contribution in [0.5, 0.6) is 0 Å². The molecule has 0 aliphatic carbocycles. The third-order valence-corrected chi connectivity index (χ3v) is 2.71. The highest BCUT2D eigenvalue weighted by Gasteiger charge is 1.98. The van der Waals surface area contributed by atoms with Gasteiger partial charge in [-0.2, -0.15) is 5.26 Å². The van der Waals surface area contributed by atoms with Gasteiger partial charge in [0.25, 0.3) is 0 Å². The molecule has 0 saturated carbocycles. The van der Waals surface area contributed by atoms with Crippen molar-refractivity contribution < 1.29 is 0 Å². The Bertz CT molecular complexity index is 546. The third-order valence-electron chi connectivity index (χ3n) is 1.70. The fourth-order valence-electron chi connectivity index (χ4n) is 1.03. The van der Waals surface area contributed by atoms with Crippen molar-refractivity contribution in [2.75, 3.05) is 5.32 Å². The average molecular weight is 234 g/mol. The van der Waals surface area contributed by atoms with Crippen molar-refractivity contribution in [2.45, 2.75) is 0 Å². The smallest absolute Gasteiger partial charge is 0.208 e. The zero-order valence-electron chi connectivity index (χ0n) is 7.52.